The first-order chi connectivity index (χ1) is 7.89. The number of hydrogen-bond acceptors (Lipinski definition) is 5. The quantitative estimate of drug-likeness (QED) is 0.498. The topological polar surface area (TPSA) is 98.1 Å². The third-order valence-electron chi connectivity index (χ3n) is 2.91. The van der Waals surface area contributed by atoms with Crippen molar-refractivity contribution >= 4 is 10.1 Å². The molecule has 0 aliphatic rings. The molecule has 0 saturated heterocycles. The molecule has 0 rings (SSSR count). The molecular formula is C10H23NO5S. The van der Waals surface area contributed by atoms with Crippen LogP contribution in [0.3, 0.4) is 0 Å². The van der Waals surface area contributed by atoms with Crippen LogP contribution in [-0.2, 0) is 10.1 Å². The fourth-order valence-electron chi connectivity index (χ4n) is 1.82. The van der Waals surface area contributed by atoms with Gasteiger partial charge in [-0.1, -0.05) is 13.8 Å². The molecular weight excluding hydrogens is 246 g/mol. The monoisotopic (exact) mass is 269 g/mol. The van der Waals surface area contributed by atoms with E-state index in [1.54, 1.807) is 4.90 Å². The molecule has 0 amide bonds. The zero-order valence-corrected chi connectivity index (χ0v) is 11.2. The molecule has 6 nitrogen and oxygen atoms in total. The van der Waals surface area contributed by atoms with Crippen molar-refractivity contribution in [1.82, 2.24) is 4.90 Å². The smallest absolute Gasteiger partial charge is 0.266 e. The van der Waals surface area contributed by atoms with Crippen LogP contribution >= 0.6 is 0 Å². The van der Waals surface area contributed by atoms with Gasteiger partial charge in [-0.15, -0.1) is 0 Å². The molecule has 3 N–H and O–H groups in total. The second-order valence-electron chi connectivity index (χ2n) is 4.01. The predicted octanol–water partition coefficient (Wildman–Crippen LogP) is -0.282. The summed E-state index contributed by atoms with van der Waals surface area (Å²) in [4.78, 5) is 1.74. The highest BCUT2D eigenvalue weighted by molar-refractivity contribution is 7.85. The maximum Gasteiger partial charge on any atom is 0.266 e. The largest absolute Gasteiger partial charge is 0.395 e. The lowest BCUT2D eigenvalue weighted by Gasteiger charge is -2.35. The Morgan fingerprint density at radius 1 is 1.06 bits per heavy atom. The second-order valence-corrected chi connectivity index (χ2v) is 5.59. The van der Waals surface area contributed by atoms with E-state index in [-0.39, 0.29) is 37.6 Å². The Morgan fingerprint density at radius 3 is 1.71 bits per heavy atom. The molecule has 0 aliphatic heterocycles. The van der Waals surface area contributed by atoms with Crippen LogP contribution in [0.5, 0.6) is 0 Å². The van der Waals surface area contributed by atoms with E-state index in [1.165, 1.54) is 0 Å². The Kier molecular flexibility index (Phi) is 7.89. The van der Waals surface area contributed by atoms with Gasteiger partial charge in [0.25, 0.3) is 10.1 Å². The zero-order valence-electron chi connectivity index (χ0n) is 10.4. The van der Waals surface area contributed by atoms with Crippen molar-refractivity contribution in [2.45, 2.75) is 38.8 Å². The van der Waals surface area contributed by atoms with Crippen molar-refractivity contribution in [3.63, 3.8) is 0 Å². The number of rotatable bonds is 9. The van der Waals surface area contributed by atoms with Crippen molar-refractivity contribution in [2.24, 2.45) is 0 Å². The molecule has 0 fully saturated rings. The molecule has 0 heterocycles. The van der Waals surface area contributed by atoms with Gasteiger partial charge >= 0.3 is 0 Å². The summed E-state index contributed by atoms with van der Waals surface area (Å²) in [5, 5.41) is 18.5. The summed E-state index contributed by atoms with van der Waals surface area (Å²) in [6.07, 6.45) is 1.30. The summed E-state index contributed by atoms with van der Waals surface area (Å²) < 4.78 is 30.2. The average Bonchev–Trinajstić information content (AvgIpc) is 2.26. The summed E-state index contributed by atoms with van der Waals surface area (Å²) in [6, 6.07) is -0.400. The van der Waals surface area contributed by atoms with E-state index in [4.69, 9.17) is 4.55 Å². The van der Waals surface area contributed by atoms with Gasteiger partial charge in [-0.25, -0.2) is 0 Å². The van der Waals surface area contributed by atoms with E-state index in [0.29, 0.717) is 12.8 Å². The molecule has 2 atom stereocenters. The molecule has 7 heteroatoms. The number of aliphatic hydroxyl groups excluding tert-OH is 2. The Hall–Kier alpha value is -0.210. The normalized spacial score (nSPS) is 16.1. The first-order valence-electron chi connectivity index (χ1n) is 5.82. The van der Waals surface area contributed by atoms with Crippen LogP contribution in [0.25, 0.3) is 0 Å². The number of aliphatic hydroxyl groups is 2. The van der Waals surface area contributed by atoms with Crippen LogP contribution in [0.2, 0.25) is 0 Å². The summed E-state index contributed by atoms with van der Waals surface area (Å²) in [7, 11) is -4.02. The lowest BCUT2D eigenvalue weighted by molar-refractivity contribution is 0.0527. The summed E-state index contributed by atoms with van der Waals surface area (Å²) in [5.74, 6) is -0.389. The minimum atomic E-state index is -4.02. The number of hydrogen-bond donors (Lipinski definition) is 3. The van der Waals surface area contributed by atoms with Crippen LogP contribution in [0.1, 0.15) is 26.7 Å². The van der Waals surface area contributed by atoms with Gasteiger partial charge in [0, 0.05) is 18.6 Å². The van der Waals surface area contributed by atoms with Gasteiger partial charge < -0.3 is 10.2 Å². The van der Waals surface area contributed by atoms with E-state index in [0.717, 1.165) is 0 Å². The molecule has 0 aliphatic carbocycles. The van der Waals surface area contributed by atoms with Crippen molar-refractivity contribution in [2.75, 3.05) is 25.5 Å². The van der Waals surface area contributed by atoms with Crippen LogP contribution in [0, 0.1) is 0 Å². The molecule has 17 heavy (non-hydrogen) atoms. The Balaban J connectivity index is 4.71. The molecule has 0 bridgehead atoms. The Bertz CT molecular complexity index is 273. The summed E-state index contributed by atoms with van der Waals surface area (Å²) >= 11 is 0. The molecule has 0 radical (unpaired) electrons. The van der Waals surface area contributed by atoms with Crippen LogP contribution in [-0.4, -0.2) is 65.7 Å². The molecule has 104 valence electrons. The second kappa shape index (κ2) is 7.99. The highest BCUT2D eigenvalue weighted by Crippen LogP contribution is 2.12. The summed E-state index contributed by atoms with van der Waals surface area (Å²) in [6.45, 7) is 3.67. The lowest BCUT2D eigenvalue weighted by Crippen LogP contribution is -2.48. The highest BCUT2D eigenvalue weighted by atomic mass is 32.2. The third-order valence-corrected chi connectivity index (χ3v) is 3.61. The molecule has 0 spiro atoms. The van der Waals surface area contributed by atoms with Gasteiger partial charge in [0.2, 0.25) is 0 Å². The molecule has 0 saturated carbocycles. The van der Waals surface area contributed by atoms with Crippen molar-refractivity contribution in [3.8, 4) is 0 Å². The minimum absolute atomic E-state index is 0.0987. The first-order valence-corrected chi connectivity index (χ1v) is 7.43. The standard InChI is InChI=1S/C10H23NO5S/c1-3-9(7-12)11(10(4-2)8-13)5-6-17(14,15)16/h9-10,12-13H,3-8H2,1-2H3,(H,14,15,16). The Morgan fingerprint density at radius 2 is 1.47 bits per heavy atom. The SMILES string of the molecule is CCC(CO)N(CCS(=O)(=O)O)C(CC)CO. The van der Waals surface area contributed by atoms with Gasteiger partial charge in [0.05, 0.1) is 19.0 Å². The van der Waals surface area contributed by atoms with Crippen molar-refractivity contribution < 1.29 is 23.2 Å². The predicted molar refractivity (Wildman–Crippen MR) is 65.5 cm³/mol. The first kappa shape index (κ1) is 16.8. The number of nitrogens with zero attached hydrogens (tertiary/aromatic N) is 1. The van der Waals surface area contributed by atoms with Crippen molar-refractivity contribution in [3.05, 3.63) is 0 Å². The zero-order chi connectivity index (χ0) is 13.5. The van der Waals surface area contributed by atoms with E-state index in [2.05, 4.69) is 0 Å². The third kappa shape index (κ3) is 6.32. The van der Waals surface area contributed by atoms with Gasteiger partial charge in [-0.05, 0) is 12.8 Å². The van der Waals surface area contributed by atoms with Gasteiger partial charge in [-0.3, -0.25) is 9.45 Å². The van der Waals surface area contributed by atoms with Crippen LogP contribution < -0.4 is 0 Å². The summed E-state index contributed by atoms with van der Waals surface area (Å²) in [5.41, 5.74) is 0. The van der Waals surface area contributed by atoms with E-state index < -0.39 is 10.1 Å². The molecule has 2 unspecified atom stereocenters. The maximum atomic E-state index is 10.7. The fraction of sp³-hybridized carbons (Fsp3) is 1.00. The fourth-order valence-corrected chi connectivity index (χ4v) is 2.26. The van der Waals surface area contributed by atoms with Crippen molar-refractivity contribution in [1.29, 1.82) is 0 Å². The van der Waals surface area contributed by atoms with E-state index in [1.807, 2.05) is 13.8 Å². The average molecular weight is 269 g/mol. The van der Waals surface area contributed by atoms with Crippen LogP contribution in [0.4, 0.5) is 0 Å². The minimum Gasteiger partial charge on any atom is -0.395 e. The van der Waals surface area contributed by atoms with Gasteiger partial charge in [-0.2, -0.15) is 8.42 Å². The maximum absolute atomic E-state index is 10.7. The molecule has 0 aromatic carbocycles. The van der Waals surface area contributed by atoms with E-state index >= 15 is 0 Å². The van der Waals surface area contributed by atoms with Crippen LogP contribution in [0.15, 0.2) is 0 Å². The molecule has 0 aromatic rings. The van der Waals surface area contributed by atoms with Gasteiger partial charge in [0.15, 0.2) is 0 Å². The highest BCUT2D eigenvalue weighted by Gasteiger charge is 2.24. The van der Waals surface area contributed by atoms with Gasteiger partial charge in [0.1, 0.15) is 0 Å². The lowest BCUT2D eigenvalue weighted by atomic mass is 10.1. The molecule has 0 aromatic heterocycles. The van der Waals surface area contributed by atoms with E-state index in [9.17, 15) is 18.6 Å². The Labute approximate surface area is 103 Å².